The predicted molar refractivity (Wildman–Crippen MR) is 69.1 cm³/mol. The summed E-state index contributed by atoms with van der Waals surface area (Å²) in [4.78, 5) is 11.2. The average molecular weight is 234 g/mol. The molecule has 0 spiro atoms. The first kappa shape index (κ1) is 12.6. The van der Waals surface area contributed by atoms with Crippen LogP contribution in [0.1, 0.15) is 5.56 Å². The van der Waals surface area contributed by atoms with Crippen molar-refractivity contribution in [2.75, 3.05) is 12.4 Å². The number of carbonyl (C=O) groups excluding carboxylic acids is 1. The van der Waals surface area contributed by atoms with E-state index in [1.807, 2.05) is 30.3 Å². The van der Waals surface area contributed by atoms with Gasteiger partial charge in [0.2, 0.25) is 0 Å². The molecule has 16 heavy (non-hydrogen) atoms. The van der Waals surface area contributed by atoms with E-state index in [2.05, 4.69) is 6.58 Å². The molecule has 84 valence electrons. The van der Waals surface area contributed by atoms with Crippen LogP contribution >= 0.6 is 11.8 Å². The molecule has 0 aromatic heterocycles. The van der Waals surface area contributed by atoms with Gasteiger partial charge in [0.1, 0.15) is 6.61 Å². The van der Waals surface area contributed by atoms with Gasteiger partial charge in [-0.3, -0.25) is 0 Å². The number of ether oxygens (including phenoxy) is 1. The zero-order chi connectivity index (χ0) is 11.6. The van der Waals surface area contributed by atoms with Crippen LogP contribution in [0, 0.1) is 0 Å². The van der Waals surface area contributed by atoms with Crippen molar-refractivity contribution < 1.29 is 9.53 Å². The van der Waals surface area contributed by atoms with E-state index in [-0.39, 0.29) is 5.97 Å². The van der Waals surface area contributed by atoms with Crippen LogP contribution in [-0.4, -0.2) is 18.3 Å². The van der Waals surface area contributed by atoms with Crippen LogP contribution in [-0.2, 0) is 9.53 Å². The summed E-state index contributed by atoms with van der Waals surface area (Å²) >= 11 is 1.53. The minimum atomic E-state index is -0.312. The molecule has 0 aliphatic carbocycles. The summed E-state index contributed by atoms with van der Waals surface area (Å²) in [5.41, 5.74) is 0.986. The number of rotatable bonds is 6. The predicted octanol–water partition coefficient (Wildman–Crippen LogP) is 3.12. The maximum Gasteiger partial charge on any atom is 0.330 e. The van der Waals surface area contributed by atoms with Gasteiger partial charge < -0.3 is 4.74 Å². The van der Waals surface area contributed by atoms with Crippen molar-refractivity contribution in [3.8, 4) is 0 Å². The number of hydrogen-bond donors (Lipinski definition) is 0. The third-order valence-electron chi connectivity index (χ3n) is 1.77. The standard InChI is InChI=1S/C13H14O2S/c1-2-16-11-10-15-13(14)9-8-12-6-4-3-5-7-12/h2-9H,1,10-11H2/b9-8+. The van der Waals surface area contributed by atoms with Gasteiger partial charge in [0.05, 0.1) is 0 Å². The largest absolute Gasteiger partial charge is 0.462 e. The summed E-state index contributed by atoms with van der Waals surface area (Å²) in [6.07, 6.45) is 3.18. The van der Waals surface area contributed by atoms with E-state index < -0.39 is 0 Å². The molecule has 2 nitrogen and oxygen atoms in total. The summed E-state index contributed by atoms with van der Waals surface area (Å²) in [7, 11) is 0. The molecule has 0 radical (unpaired) electrons. The molecule has 0 N–H and O–H groups in total. The van der Waals surface area contributed by atoms with Crippen molar-refractivity contribution in [3.05, 3.63) is 54.0 Å². The molecule has 3 heteroatoms. The van der Waals surface area contributed by atoms with Crippen LogP contribution in [0.5, 0.6) is 0 Å². The second-order valence-electron chi connectivity index (χ2n) is 2.95. The van der Waals surface area contributed by atoms with Crippen LogP contribution in [0.4, 0.5) is 0 Å². The van der Waals surface area contributed by atoms with E-state index in [0.717, 1.165) is 11.3 Å². The first-order valence-corrected chi connectivity index (χ1v) is 6.00. The summed E-state index contributed by atoms with van der Waals surface area (Å²) in [6.45, 7) is 3.97. The van der Waals surface area contributed by atoms with Gasteiger partial charge in [-0.05, 0) is 17.0 Å². The molecule has 1 rings (SSSR count). The number of benzene rings is 1. The van der Waals surface area contributed by atoms with E-state index in [1.54, 1.807) is 11.5 Å². The topological polar surface area (TPSA) is 26.3 Å². The third kappa shape index (κ3) is 5.41. The van der Waals surface area contributed by atoms with Gasteiger partial charge in [-0.15, -0.1) is 11.8 Å². The molecule has 0 amide bonds. The fraction of sp³-hybridized carbons (Fsp3) is 0.154. The van der Waals surface area contributed by atoms with E-state index >= 15 is 0 Å². The van der Waals surface area contributed by atoms with Crippen molar-refractivity contribution in [1.82, 2.24) is 0 Å². The number of esters is 1. The molecule has 0 heterocycles. The Morgan fingerprint density at radius 1 is 1.38 bits per heavy atom. The zero-order valence-electron chi connectivity index (χ0n) is 8.96. The molecule has 0 fully saturated rings. The van der Waals surface area contributed by atoms with Gasteiger partial charge in [-0.25, -0.2) is 4.79 Å². The monoisotopic (exact) mass is 234 g/mol. The molecule has 0 aliphatic rings. The molecule has 0 saturated carbocycles. The summed E-state index contributed by atoms with van der Waals surface area (Å²) in [5.74, 6) is 0.433. The molecular formula is C13H14O2S. The highest BCUT2D eigenvalue weighted by Crippen LogP contribution is 2.02. The fourth-order valence-corrected chi connectivity index (χ4v) is 1.40. The minimum Gasteiger partial charge on any atom is -0.462 e. The first-order chi connectivity index (χ1) is 7.83. The molecule has 1 aromatic rings. The highest BCUT2D eigenvalue weighted by atomic mass is 32.2. The van der Waals surface area contributed by atoms with Crippen molar-refractivity contribution >= 4 is 23.8 Å². The highest BCUT2D eigenvalue weighted by molar-refractivity contribution is 8.02. The third-order valence-corrected chi connectivity index (χ3v) is 2.41. The summed E-state index contributed by atoms with van der Waals surface area (Å²) < 4.78 is 4.97. The van der Waals surface area contributed by atoms with Crippen molar-refractivity contribution in [2.24, 2.45) is 0 Å². The van der Waals surface area contributed by atoms with Gasteiger partial charge in [0.25, 0.3) is 0 Å². The van der Waals surface area contributed by atoms with Gasteiger partial charge in [0, 0.05) is 11.8 Å². The van der Waals surface area contributed by atoms with Crippen molar-refractivity contribution in [1.29, 1.82) is 0 Å². The highest BCUT2D eigenvalue weighted by Gasteiger charge is 1.95. The maximum atomic E-state index is 11.2. The molecule has 0 aliphatic heterocycles. The Morgan fingerprint density at radius 3 is 2.81 bits per heavy atom. The van der Waals surface area contributed by atoms with E-state index in [0.29, 0.717) is 6.61 Å². The molecular weight excluding hydrogens is 220 g/mol. The fourth-order valence-electron chi connectivity index (χ4n) is 1.05. The van der Waals surface area contributed by atoms with Crippen LogP contribution in [0.25, 0.3) is 6.08 Å². The number of hydrogen-bond acceptors (Lipinski definition) is 3. The second-order valence-corrected chi connectivity index (χ2v) is 4.02. The Kier molecular flexibility index (Phi) is 6.11. The average Bonchev–Trinajstić information content (AvgIpc) is 2.33. The summed E-state index contributed by atoms with van der Waals surface area (Å²) in [6, 6.07) is 9.63. The molecule has 0 atom stereocenters. The second kappa shape index (κ2) is 7.77. The normalized spacial score (nSPS) is 10.2. The maximum absolute atomic E-state index is 11.2. The van der Waals surface area contributed by atoms with E-state index in [4.69, 9.17) is 4.74 Å². The Hall–Kier alpha value is -1.48. The molecule has 1 aromatic carbocycles. The minimum absolute atomic E-state index is 0.312. The van der Waals surface area contributed by atoms with E-state index in [9.17, 15) is 4.79 Å². The van der Waals surface area contributed by atoms with E-state index in [1.165, 1.54) is 17.8 Å². The Bertz CT molecular complexity index is 357. The molecule has 0 saturated heterocycles. The van der Waals surface area contributed by atoms with Gasteiger partial charge in [-0.1, -0.05) is 36.9 Å². The smallest absolute Gasteiger partial charge is 0.330 e. The molecule has 0 unspecified atom stereocenters. The van der Waals surface area contributed by atoms with Gasteiger partial charge >= 0.3 is 5.97 Å². The van der Waals surface area contributed by atoms with Crippen molar-refractivity contribution in [3.63, 3.8) is 0 Å². The lowest BCUT2D eigenvalue weighted by Crippen LogP contribution is -2.03. The van der Waals surface area contributed by atoms with Gasteiger partial charge in [0.15, 0.2) is 0 Å². The van der Waals surface area contributed by atoms with Crippen molar-refractivity contribution in [2.45, 2.75) is 0 Å². The van der Waals surface area contributed by atoms with Crippen LogP contribution < -0.4 is 0 Å². The first-order valence-electron chi connectivity index (χ1n) is 4.95. The van der Waals surface area contributed by atoms with Crippen LogP contribution in [0.2, 0.25) is 0 Å². The quantitative estimate of drug-likeness (QED) is 0.430. The summed E-state index contributed by atoms with van der Waals surface area (Å²) in [5, 5.41) is 1.73. The SMILES string of the molecule is C=CSCCOC(=O)/C=C/c1ccccc1. The van der Waals surface area contributed by atoms with Gasteiger partial charge in [-0.2, -0.15) is 0 Å². The lowest BCUT2D eigenvalue weighted by atomic mass is 10.2. The Balaban J connectivity index is 2.29. The lowest BCUT2D eigenvalue weighted by Gasteiger charge is -1.99. The van der Waals surface area contributed by atoms with Crippen LogP contribution in [0.15, 0.2) is 48.4 Å². The molecule has 0 bridgehead atoms. The number of thioether (sulfide) groups is 1. The lowest BCUT2D eigenvalue weighted by molar-refractivity contribution is -0.137. The number of carbonyl (C=O) groups is 1. The Morgan fingerprint density at radius 2 is 2.12 bits per heavy atom. The van der Waals surface area contributed by atoms with Crippen LogP contribution in [0.3, 0.4) is 0 Å². The zero-order valence-corrected chi connectivity index (χ0v) is 9.78. The Labute approximate surface area is 100 Å².